The van der Waals surface area contributed by atoms with Crippen molar-refractivity contribution in [2.24, 2.45) is 5.73 Å². The van der Waals surface area contributed by atoms with Crippen LogP contribution in [0.15, 0.2) is 36.4 Å². The molecule has 0 unspecified atom stereocenters. The van der Waals surface area contributed by atoms with Gasteiger partial charge < -0.3 is 10.6 Å². The van der Waals surface area contributed by atoms with E-state index in [0.29, 0.717) is 11.4 Å². The Labute approximate surface area is 124 Å². The normalized spacial score (nSPS) is 11.2. The van der Waals surface area contributed by atoms with Gasteiger partial charge in [-0.1, -0.05) is 12.2 Å². The van der Waals surface area contributed by atoms with Gasteiger partial charge in [-0.2, -0.15) is 13.2 Å². The van der Waals surface area contributed by atoms with E-state index in [1.165, 1.54) is 6.07 Å². The maximum Gasteiger partial charge on any atom is 0.435 e. The van der Waals surface area contributed by atoms with Gasteiger partial charge in [-0.25, -0.2) is 0 Å². The topological polar surface area (TPSA) is 55.0 Å². The number of alkyl halides is 3. The van der Waals surface area contributed by atoms with Crippen LogP contribution in [-0.2, 0) is 6.18 Å². The molecule has 0 saturated carbocycles. The first kappa shape index (κ1) is 15.2. The van der Waals surface area contributed by atoms with E-state index in [9.17, 15) is 13.2 Å². The molecule has 0 aliphatic rings. The third-order valence-corrected chi connectivity index (χ3v) is 3.06. The molecule has 21 heavy (non-hydrogen) atoms. The third-order valence-electron chi connectivity index (χ3n) is 2.82. The van der Waals surface area contributed by atoms with E-state index < -0.39 is 11.9 Å². The summed E-state index contributed by atoms with van der Waals surface area (Å²) in [6.07, 6.45) is -4.50. The molecule has 0 atom stereocenters. The van der Waals surface area contributed by atoms with Crippen LogP contribution in [0.2, 0.25) is 0 Å². The molecule has 0 aliphatic heterocycles. The lowest BCUT2D eigenvalue weighted by molar-refractivity contribution is -0.141. The number of halogens is 3. The van der Waals surface area contributed by atoms with E-state index >= 15 is 0 Å². The van der Waals surface area contributed by atoms with Crippen molar-refractivity contribution < 1.29 is 13.2 Å². The highest BCUT2D eigenvalue weighted by Gasteiger charge is 2.33. The number of anilines is 2. The molecule has 2 N–H and O–H groups in total. The summed E-state index contributed by atoms with van der Waals surface area (Å²) in [6, 6.07) is 9.10. The van der Waals surface area contributed by atoms with Crippen molar-refractivity contribution in [3.05, 3.63) is 47.7 Å². The van der Waals surface area contributed by atoms with E-state index in [4.69, 9.17) is 18.0 Å². The number of thiocarbonyl (C=S) groups is 1. The van der Waals surface area contributed by atoms with Crippen LogP contribution >= 0.6 is 12.2 Å². The molecule has 2 rings (SSSR count). The van der Waals surface area contributed by atoms with Crippen molar-refractivity contribution in [3.8, 4) is 0 Å². The Kier molecular flexibility index (Phi) is 4.08. The Morgan fingerprint density at radius 1 is 1.10 bits per heavy atom. The SMILES string of the molecule is CN(c1ccc(C(N)=S)cc1)c1ccc(C(F)(F)F)nn1. The van der Waals surface area contributed by atoms with Gasteiger partial charge in [0.2, 0.25) is 0 Å². The van der Waals surface area contributed by atoms with Crippen LogP contribution in [-0.4, -0.2) is 22.2 Å². The van der Waals surface area contributed by atoms with Crippen molar-refractivity contribution in [1.82, 2.24) is 10.2 Å². The minimum Gasteiger partial charge on any atom is -0.389 e. The van der Waals surface area contributed by atoms with Gasteiger partial charge in [-0.05, 0) is 36.4 Å². The Balaban J connectivity index is 2.23. The molecule has 0 spiro atoms. The summed E-state index contributed by atoms with van der Waals surface area (Å²) in [7, 11) is 1.67. The molecule has 0 bridgehead atoms. The number of rotatable bonds is 3. The molecule has 0 amide bonds. The van der Waals surface area contributed by atoms with E-state index in [-0.39, 0.29) is 4.99 Å². The highest BCUT2D eigenvalue weighted by Crippen LogP contribution is 2.28. The standard InChI is InChI=1S/C13H11F3N4S/c1-20(9-4-2-8(3-5-9)12(17)21)11-7-6-10(18-19-11)13(14,15)16/h2-7H,1H3,(H2,17,21). The van der Waals surface area contributed by atoms with Gasteiger partial charge >= 0.3 is 6.18 Å². The summed E-state index contributed by atoms with van der Waals surface area (Å²) in [5, 5.41) is 6.77. The van der Waals surface area contributed by atoms with Crippen molar-refractivity contribution in [1.29, 1.82) is 0 Å². The van der Waals surface area contributed by atoms with Crippen LogP contribution in [0.5, 0.6) is 0 Å². The van der Waals surface area contributed by atoms with E-state index in [0.717, 1.165) is 11.8 Å². The average Bonchev–Trinajstić information content (AvgIpc) is 2.46. The molecule has 0 aliphatic carbocycles. The second-order valence-corrected chi connectivity index (χ2v) is 4.68. The Morgan fingerprint density at radius 3 is 2.14 bits per heavy atom. The average molecular weight is 312 g/mol. The zero-order valence-electron chi connectivity index (χ0n) is 10.9. The zero-order valence-corrected chi connectivity index (χ0v) is 11.7. The van der Waals surface area contributed by atoms with E-state index in [1.54, 1.807) is 36.2 Å². The van der Waals surface area contributed by atoms with Gasteiger partial charge in [0, 0.05) is 18.3 Å². The quantitative estimate of drug-likeness (QED) is 0.883. The maximum atomic E-state index is 12.4. The molecular formula is C13H11F3N4S. The van der Waals surface area contributed by atoms with Crippen LogP contribution in [0.1, 0.15) is 11.3 Å². The number of hydrogen-bond donors (Lipinski definition) is 1. The van der Waals surface area contributed by atoms with Crippen molar-refractivity contribution in [2.75, 3.05) is 11.9 Å². The Bertz CT molecular complexity index is 638. The minimum atomic E-state index is -4.50. The summed E-state index contributed by atoms with van der Waals surface area (Å²) >= 11 is 4.85. The maximum absolute atomic E-state index is 12.4. The van der Waals surface area contributed by atoms with Crippen LogP contribution in [0.4, 0.5) is 24.7 Å². The van der Waals surface area contributed by atoms with Gasteiger partial charge in [0.1, 0.15) is 4.99 Å². The summed E-state index contributed by atoms with van der Waals surface area (Å²) in [5.41, 5.74) is 5.91. The molecule has 1 aromatic heterocycles. The highest BCUT2D eigenvalue weighted by atomic mass is 32.1. The summed E-state index contributed by atoms with van der Waals surface area (Å²) in [5.74, 6) is 0.297. The number of hydrogen-bond acceptors (Lipinski definition) is 4. The lowest BCUT2D eigenvalue weighted by Crippen LogP contribution is -2.15. The van der Waals surface area contributed by atoms with E-state index in [2.05, 4.69) is 10.2 Å². The Hall–Kier alpha value is -2.22. The van der Waals surface area contributed by atoms with Crippen LogP contribution in [0.25, 0.3) is 0 Å². The van der Waals surface area contributed by atoms with Crippen LogP contribution in [0, 0.1) is 0 Å². The van der Waals surface area contributed by atoms with Crippen molar-refractivity contribution in [2.45, 2.75) is 6.18 Å². The number of nitrogens with two attached hydrogens (primary N) is 1. The summed E-state index contributed by atoms with van der Waals surface area (Å²) in [4.78, 5) is 1.88. The van der Waals surface area contributed by atoms with Gasteiger partial charge in [0.15, 0.2) is 11.5 Å². The predicted octanol–water partition coefficient (Wildman–Crippen LogP) is 2.90. The Morgan fingerprint density at radius 2 is 1.71 bits per heavy atom. The molecule has 4 nitrogen and oxygen atoms in total. The zero-order chi connectivity index (χ0) is 15.6. The summed E-state index contributed by atoms with van der Waals surface area (Å²) < 4.78 is 37.3. The fourth-order valence-electron chi connectivity index (χ4n) is 1.64. The monoisotopic (exact) mass is 312 g/mol. The van der Waals surface area contributed by atoms with Crippen molar-refractivity contribution in [3.63, 3.8) is 0 Å². The van der Waals surface area contributed by atoms with Crippen LogP contribution < -0.4 is 10.6 Å². The molecule has 1 aromatic carbocycles. The fourth-order valence-corrected chi connectivity index (χ4v) is 1.77. The third kappa shape index (κ3) is 3.46. The van der Waals surface area contributed by atoms with Crippen LogP contribution in [0.3, 0.4) is 0 Å². The van der Waals surface area contributed by atoms with Gasteiger partial charge in [-0.3, -0.25) is 0 Å². The van der Waals surface area contributed by atoms with Crippen molar-refractivity contribution >= 4 is 28.7 Å². The molecule has 1 heterocycles. The predicted molar refractivity (Wildman–Crippen MR) is 77.4 cm³/mol. The second kappa shape index (κ2) is 5.65. The molecule has 8 heteroatoms. The fraction of sp³-hybridized carbons (Fsp3) is 0.154. The number of aromatic nitrogens is 2. The van der Waals surface area contributed by atoms with Gasteiger partial charge in [0.25, 0.3) is 0 Å². The second-order valence-electron chi connectivity index (χ2n) is 4.24. The molecule has 2 aromatic rings. The lowest BCUT2D eigenvalue weighted by atomic mass is 10.2. The molecule has 0 saturated heterocycles. The number of benzene rings is 1. The molecule has 110 valence electrons. The van der Waals surface area contributed by atoms with Gasteiger partial charge in [0.05, 0.1) is 0 Å². The largest absolute Gasteiger partial charge is 0.435 e. The first-order valence-corrected chi connectivity index (χ1v) is 6.24. The van der Waals surface area contributed by atoms with Gasteiger partial charge in [-0.15, -0.1) is 10.2 Å². The van der Waals surface area contributed by atoms with E-state index in [1.807, 2.05) is 0 Å². The molecule has 0 fully saturated rings. The summed E-state index contributed by atoms with van der Waals surface area (Å²) in [6.45, 7) is 0. The lowest BCUT2D eigenvalue weighted by Gasteiger charge is -2.18. The number of nitrogens with zero attached hydrogens (tertiary/aromatic N) is 3. The minimum absolute atomic E-state index is 0.276. The first-order valence-electron chi connectivity index (χ1n) is 5.83. The first-order chi connectivity index (χ1) is 9.79. The molecular weight excluding hydrogens is 301 g/mol. The highest BCUT2D eigenvalue weighted by molar-refractivity contribution is 7.80. The molecule has 0 radical (unpaired) electrons. The smallest absolute Gasteiger partial charge is 0.389 e.